The van der Waals surface area contributed by atoms with Crippen LogP contribution < -0.4 is 10.1 Å². The van der Waals surface area contributed by atoms with Crippen molar-refractivity contribution in [2.75, 3.05) is 11.9 Å². The molecule has 0 atom stereocenters. The SMILES string of the molecule is Cc1cc2nn(-c3ccccc3)nc2cc1NC(=O)COc1c(Cl)c(C)c(Cl)c(C)c1Cl. The van der Waals surface area contributed by atoms with Crippen molar-refractivity contribution in [1.82, 2.24) is 15.0 Å². The third-order valence-electron chi connectivity index (χ3n) is 5.05. The first-order chi connectivity index (χ1) is 15.3. The number of anilines is 1. The van der Waals surface area contributed by atoms with Crippen LogP contribution in [-0.4, -0.2) is 27.5 Å². The molecule has 0 spiro atoms. The molecule has 6 nitrogen and oxygen atoms in total. The summed E-state index contributed by atoms with van der Waals surface area (Å²) >= 11 is 18.9. The molecule has 9 heteroatoms. The highest BCUT2D eigenvalue weighted by Crippen LogP contribution is 2.42. The first-order valence-corrected chi connectivity index (χ1v) is 10.9. The fourth-order valence-electron chi connectivity index (χ4n) is 3.24. The zero-order valence-electron chi connectivity index (χ0n) is 17.5. The van der Waals surface area contributed by atoms with E-state index in [9.17, 15) is 4.79 Å². The van der Waals surface area contributed by atoms with E-state index in [1.54, 1.807) is 24.7 Å². The zero-order chi connectivity index (χ0) is 23.0. The molecule has 32 heavy (non-hydrogen) atoms. The van der Waals surface area contributed by atoms with Gasteiger partial charge in [-0.2, -0.15) is 4.80 Å². The number of nitrogens with zero attached hydrogens (tertiary/aromatic N) is 3. The summed E-state index contributed by atoms with van der Waals surface area (Å²) in [7, 11) is 0. The highest BCUT2D eigenvalue weighted by molar-refractivity contribution is 6.42. The van der Waals surface area contributed by atoms with Crippen molar-refractivity contribution < 1.29 is 9.53 Å². The number of ether oxygens (including phenoxy) is 1. The number of halogens is 3. The predicted octanol–water partition coefficient (Wildman–Crippen LogP) is 6.32. The van der Waals surface area contributed by atoms with Gasteiger partial charge in [-0.1, -0.05) is 53.0 Å². The number of aryl methyl sites for hydroxylation is 1. The summed E-state index contributed by atoms with van der Waals surface area (Å²) in [5.74, 6) is -0.124. The Labute approximate surface area is 200 Å². The molecule has 0 unspecified atom stereocenters. The van der Waals surface area contributed by atoms with Crippen LogP contribution in [0.2, 0.25) is 15.1 Å². The Bertz CT molecular complexity index is 1310. The number of nitrogens with one attached hydrogen (secondary N) is 1. The summed E-state index contributed by atoms with van der Waals surface area (Å²) in [6, 6.07) is 13.3. The molecule has 4 rings (SSSR count). The second-order valence-electron chi connectivity index (χ2n) is 7.34. The Kier molecular flexibility index (Phi) is 6.29. The summed E-state index contributed by atoms with van der Waals surface area (Å²) < 4.78 is 5.64. The molecule has 0 bridgehead atoms. The maximum absolute atomic E-state index is 12.6. The van der Waals surface area contributed by atoms with Gasteiger partial charge in [-0.05, 0) is 61.7 Å². The van der Waals surface area contributed by atoms with Crippen molar-refractivity contribution >= 4 is 57.4 Å². The zero-order valence-corrected chi connectivity index (χ0v) is 19.8. The van der Waals surface area contributed by atoms with E-state index in [2.05, 4.69) is 15.5 Å². The smallest absolute Gasteiger partial charge is 0.262 e. The minimum atomic E-state index is -0.361. The van der Waals surface area contributed by atoms with Gasteiger partial charge >= 0.3 is 0 Å². The lowest BCUT2D eigenvalue weighted by molar-refractivity contribution is -0.118. The van der Waals surface area contributed by atoms with Crippen molar-refractivity contribution in [3.05, 3.63) is 74.2 Å². The van der Waals surface area contributed by atoms with E-state index in [1.807, 2.05) is 43.3 Å². The van der Waals surface area contributed by atoms with Crippen molar-refractivity contribution in [3.8, 4) is 11.4 Å². The number of fused-ring (bicyclic) bond motifs is 1. The molecule has 1 heterocycles. The first kappa shape index (κ1) is 22.4. The minimum Gasteiger partial charge on any atom is -0.481 e. The van der Waals surface area contributed by atoms with Crippen molar-refractivity contribution in [2.45, 2.75) is 20.8 Å². The van der Waals surface area contributed by atoms with Gasteiger partial charge in [-0.25, -0.2) is 0 Å². The summed E-state index contributed by atoms with van der Waals surface area (Å²) in [4.78, 5) is 14.1. The third kappa shape index (κ3) is 4.26. The molecule has 0 aliphatic heterocycles. The Hall–Kier alpha value is -2.80. The van der Waals surface area contributed by atoms with Crippen LogP contribution in [0.5, 0.6) is 5.75 Å². The highest BCUT2D eigenvalue weighted by Gasteiger charge is 2.19. The lowest BCUT2D eigenvalue weighted by Crippen LogP contribution is -2.21. The fraction of sp³-hybridized carbons (Fsp3) is 0.174. The van der Waals surface area contributed by atoms with Gasteiger partial charge in [-0.15, -0.1) is 10.2 Å². The van der Waals surface area contributed by atoms with Crippen LogP contribution in [-0.2, 0) is 4.79 Å². The number of benzene rings is 3. The lowest BCUT2D eigenvalue weighted by atomic mass is 10.1. The molecule has 3 aromatic carbocycles. The molecular formula is C23H19Cl3N4O2. The number of rotatable bonds is 5. The van der Waals surface area contributed by atoms with E-state index in [-0.39, 0.29) is 28.3 Å². The van der Waals surface area contributed by atoms with E-state index in [0.29, 0.717) is 27.4 Å². The highest BCUT2D eigenvalue weighted by atomic mass is 35.5. The molecule has 1 N–H and O–H groups in total. The second-order valence-corrected chi connectivity index (χ2v) is 8.47. The minimum absolute atomic E-state index is 0.237. The maximum Gasteiger partial charge on any atom is 0.262 e. The summed E-state index contributed by atoms with van der Waals surface area (Å²) in [6.45, 7) is 5.15. The van der Waals surface area contributed by atoms with E-state index in [0.717, 1.165) is 16.8 Å². The monoisotopic (exact) mass is 488 g/mol. The van der Waals surface area contributed by atoms with Crippen LogP contribution in [0.25, 0.3) is 16.7 Å². The maximum atomic E-state index is 12.6. The van der Waals surface area contributed by atoms with Gasteiger partial charge < -0.3 is 10.1 Å². The average molecular weight is 490 g/mol. The van der Waals surface area contributed by atoms with E-state index >= 15 is 0 Å². The molecular weight excluding hydrogens is 471 g/mol. The van der Waals surface area contributed by atoms with Crippen molar-refractivity contribution in [2.24, 2.45) is 0 Å². The largest absolute Gasteiger partial charge is 0.481 e. The van der Waals surface area contributed by atoms with Crippen molar-refractivity contribution in [1.29, 1.82) is 0 Å². The van der Waals surface area contributed by atoms with Gasteiger partial charge in [0.15, 0.2) is 12.4 Å². The fourth-order valence-corrected chi connectivity index (χ4v) is 4.06. The summed E-state index contributed by atoms with van der Waals surface area (Å²) in [6.07, 6.45) is 0. The molecule has 1 aromatic heterocycles. The average Bonchev–Trinajstić information content (AvgIpc) is 3.20. The molecule has 0 saturated heterocycles. The molecule has 1 amide bonds. The summed E-state index contributed by atoms with van der Waals surface area (Å²) in [5, 5.41) is 12.9. The molecule has 0 radical (unpaired) electrons. The Morgan fingerprint density at radius 3 is 2.16 bits per heavy atom. The van der Waals surface area contributed by atoms with Gasteiger partial charge in [0.2, 0.25) is 0 Å². The number of para-hydroxylation sites is 1. The van der Waals surface area contributed by atoms with Crippen LogP contribution in [0.3, 0.4) is 0 Å². The van der Waals surface area contributed by atoms with Crippen LogP contribution in [0, 0.1) is 20.8 Å². The predicted molar refractivity (Wildman–Crippen MR) is 129 cm³/mol. The van der Waals surface area contributed by atoms with E-state index in [1.165, 1.54) is 0 Å². The number of hydrogen-bond donors (Lipinski definition) is 1. The van der Waals surface area contributed by atoms with Crippen LogP contribution in [0.4, 0.5) is 5.69 Å². The van der Waals surface area contributed by atoms with Crippen molar-refractivity contribution in [3.63, 3.8) is 0 Å². The first-order valence-electron chi connectivity index (χ1n) is 9.75. The molecule has 4 aromatic rings. The number of hydrogen-bond acceptors (Lipinski definition) is 4. The van der Waals surface area contributed by atoms with Crippen LogP contribution in [0.1, 0.15) is 16.7 Å². The quantitative estimate of drug-likeness (QED) is 0.356. The van der Waals surface area contributed by atoms with Gasteiger partial charge in [0.1, 0.15) is 11.0 Å². The standard InChI is InChI=1S/C23H19Cl3N4O2/c1-12-9-17-18(29-30(28-17)15-7-5-4-6-8-15)10-16(12)27-19(31)11-32-23-21(25)13(2)20(24)14(3)22(23)26/h4-10H,11H2,1-3H3,(H,27,31). The van der Waals surface area contributed by atoms with E-state index < -0.39 is 0 Å². The Morgan fingerprint density at radius 1 is 0.938 bits per heavy atom. The van der Waals surface area contributed by atoms with Gasteiger partial charge in [0.05, 0.1) is 15.7 Å². The number of carbonyl (C=O) groups is 1. The summed E-state index contributed by atoms with van der Waals surface area (Å²) in [5.41, 5.74) is 4.99. The van der Waals surface area contributed by atoms with Gasteiger partial charge in [-0.3, -0.25) is 4.79 Å². The lowest BCUT2D eigenvalue weighted by Gasteiger charge is -2.15. The molecule has 0 aliphatic carbocycles. The molecule has 164 valence electrons. The second kappa shape index (κ2) is 8.98. The number of amides is 1. The molecule has 0 aliphatic rings. The molecule has 0 saturated carbocycles. The Morgan fingerprint density at radius 2 is 1.53 bits per heavy atom. The van der Waals surface area contributed by atoms with Gasteiger partial charge in [0.25, 0.3) is 5.91 Å². The van der Waals surface area contributed by atoms with Crippen LogP contribution >= 0.6 is 34.8 Å². The number of aromatic nitrogens is 3. The van der Waals surface area contributed by atoms with Gasteiger partial charge in [0, 0.05) is 10.7 Å². The van der Waals surface area contributed by atoms with E-state index in [4.69, 9.17) is 39.5 Å². The number of carbonyl (C=O) groups excluding carboxylic acids is 1. The molecule has 0 fully saturated rings. The third-order valence-corrected chi connectivity index (χ3v) is 6.53. The van der Waals surface area contributed by atoms with Crippen LogP contribution in [0.15, 0.2) is 42.5 Å². The Balaban J connectivity index is 1.52. The topological polar surface area (TPSA) is 69.0 Å². The normalized spacial score (nSPS) is 11.1.